The molecule has 0 atom stereocenters. The number of carboxylic acid groups (broad SMARTS) is 1. The van der Waals surface area contributed by atoms with Gasteiger partial charge in [0.25, 0.3) is 0 Å². The van der Waals surface area contributed by atoms with E-state index in [-0.39, 0.29) is 5.82 Å². The first kappa shape index (κ1) is 13.6. The Kier molecular flexibility index (Phi) is 5.03. The zero-order chi connectivity index (χ0) is 12.8. The summed E-state index contributed by atoms with van der Waals surface area (Å²) < 4.78 is 12.8. The van der Waals surface area contributed by atoms with E-state index in [4.69, 9.17) is 10.8 Å². The van der Waals surface area contributed by atoms with Crippen LogP contribution in [0.25, 0.3) is 0 Å². The van der Waals surface area contributed by atoms with Crippen molar-refractivity contribution in [2.75, 3.05) is 11.5 Å². The summed E-state index contributed by atoms with van der Waals surface area (Å²) in [6, 6.07) is 4.18. The van der Waals surface area contributed by atoms with E-state index in [9.17, 15) is 9.18 Å². The van der Waals surface area contributed by atoms with Gasteiger partial charge in [0.15, 0.2) is 0 Å². The Balaban J connectivity index is 2.65. The maximum atomic E-state index is 12.8. The zero-order valence-electron chi connectivity index (χ0n) is 9.44. The molecule has 0 saturated carbocycles. The molecule has 3 N–H and O–H groups in total. The van der Waals surface area contributed by atoms with Crippen molar-refractivity contribution in [3.63, 3.8) is 0 Å². The minimum absolute atomic E-state index is 0.372. The summed E-state index contributed by atoms with van der Waals surface area (Å²) in [5.74, 6) is -0.770. The Morgan fingerprint density at radius 1 is 1.59 bits per heavy atom. The van der Waals surface area contributed by atoms with Gasteiger partial charge in [0.05, 0.1) is 0 Å². The second kappa shape index (κ2) is 6.30. The molecule has 0 saturated heterocycles. The molecular formula is C12H14FNO2S. The van der Waals surface area contributed by atoms with Crippen LogP contribution in [-0.2, 0) is 4.79 Å². The van der Waals surface area contributed by atoms with Gasteiger partial charge in [-0.15, -0.1) is 11.8 Å². The summed E-state index contributed by atoms with van der Waals surface area (Å²) in [6.07, 6.45) is 2.13. The Hall–Kier alpha value is -1.49. The quantitative estimate of drug-likeness (QED) is 0.482. The van der Waals surface area contributed by atoms with E-state index in [1.54, 1.807) is 19.1 Å². The average molecular weight is 255 g/mol. The summed E-state index contributed by atoms with van der Waals surface area (Å²) in [5.41, 5.74) is 6.38. The monoisotopic (exact) mass is 255 g/mol. The summed E-state index contributed by atoms with van der Waals surface area (Å²) in [5, 5.41) is 8.81. The minimum atomic E-state index is -0.903. The van der Waals surface area contributed by atoms with Crippen molar-refractivity contribution < 1.29 is 14.3 Å². The van der Waals surface area contributed by atoms with Crippen molar-refractivity contribution in [2.45, 2.75) is 18.2 Å². The number of hydrogen-bond acceptors (Lipinski definition) is 3. The van der Waals surface area contributed by atoms with E-state index in [0.29, 0.717) is 23.4 Å². The number of nitrogens with two attached hydrogens (primary N) is 1. The van der Waals surface area contributed by atoms with E-state index >= 15 is 0 Å². The van der Waals surface area contributed by atoms with Crippen LogP contribution in [0.2, 0.25) is 0 Å². The van der Waals surface area contributed by atoms with Crippen molar-refractivity contribution in [1.29, 1.82) is 0 Å². The lowest BCUT2D eigenvalue weighted by atomic mass is 10.2. The third kappa shape index (κ3) is 4.11. The topological polar surface area (TPSA) is 63.3 Å². The van der Waals surface area contributed by atoms with Gasteiger partial charge in [-0.05, 0) is 24.6 Å². The number of halogens is 1. The molecule has 0 aromatic heterocycles. The SMILES string of the molecule is CCC(=CCSc1ccc(F)cc1N)C(=O)O. The molecule has 0 fully saturated rings. The number of thioether (sulfide) groups is 1. The first-order chi connectivity index (χ1) is 8.04. The van der Waals surface area contributed by atoms with Crippen molar-refractivity contribution in [1.82, 2.24) is 0 Å². The van der Waals surface area contributed by atoms with E-state index in [2.05, 4.69) is 0 Å². The van der Waals surface area contributed by atoms with Crippen LogP contribution < -0.4 is 5.73 Å². The highest BCUT2D eigenvalue weighted by atomic mass is 32.2. The predicted molar refractivity (Wildman–Crippen MR) is 67.5 cm³/mol. The maximum absolute atomic E-state index is 12.8. The Morgan fingerprint density at radius 3 is 2.82 bits per heavy atom. The van der Waals surface area contributed by atoms with Gasteiger partial charge in [0, 0.05) is 21.9 Å². The molecule has 0 heterocycles. The number of aliphatic carboxylic acids is 1. The molecule has 17 heavy (non-hydrogen) atoms. The first-order valence-corrected chi connectivity index (χ1v) is 6.13. The fourth-order valence-corrected chi connectivity index (χ4v) is 2.12. The summed E-state index contributed by atoms with van der Waals surface area (Å²) in [6.45, 7) is 1.79. The number of rotatable bonds is 5. The highest BCUT2D eigenvalue weighted by Crippen LogP contribution is 2.25. The lowest BCUT2D eigenvalue weighted by molar-refractivity contribution is -0.132. The van der Waals surface area contributed by atoms with Crippen LogP contribution in [0.4, 0.5) is 10.1 Å². The molecule has 0 unspecified atom stereocenters. The number of carboxylic acids is 1. The molecule has 0 bridgehead atoms. The molecular weight excluding hydrogens is 241 g/mol. The summed E-state index contributed by atoms with van der Waals surface area (Å²) in [4.78, 5) is 11.5. The second-order valence-corrected chi connectivity index (χ2v) is 4.44. The van der Waals surface area contributed by atoms with E-state index in [0.717, 1.165) is 4.90 Å². The van der Waals surface area contributed by atoms with Crippen LogP contribution in [0.1, 0.15) is 13.3 Å². The van der Waals surface area contributed by atoms with Gasteiger partial charge in [0.2, 0.25) is 0 Å². The summed E-state index contributed by atoms with van der Waals surface area (Å²) >= 11 is 1.39. The molecule has 92 valence electrons. The van der Waals surface area contributed by atoms with Gasteiger partial charge in [0.1, 0.15) is 5.82 Å². The van der Waals surface area contributed by atoms with Gasteiger partial charge in [-0.25, -0.2) is 9.18 Å². The van der Waals surface area contributed by atoms with E-state index < -0.39 is 5.97 Å². The largest absolute Gasteiger partial charge is 0.478 e. The van der Waals surface area contributed by atoms with Crippen LogP contribution in [0, 0.1) is 5.82 Å². The molecule has 1 aromatic carbocycles. The number of carbonyl (C=O) groups is 1. The van der Waals surface area contributed by atoms with Gasteiger partial charge in [-0.3, -0.25) is 0 Å². The maximum Gasteiger partial charge on any atom is 0.331 e. The van der Waals surface area contributed by atoms with Crippen LogP contribution >= 0.6 is 11.8 Å². The fraction of sp³-hybridized carbons (Fsp3) is 0.250. The highest BCUT2D eigenvalue weighted by molar-refractivity contribution is 7.99. The zero-order valence-corrected chi connectivity index (χ0v) is 10.3. The standard InChI is InChI=1S/C12H14FNO2S/c1-2-8(12(15)16)5-6-17-11-4-3-9(13)7-10(11)14/h3-5,7H,2,6,14H2,1H3,(H,15,16). The fourth-order valence-electron chi connectivity index (χ4n) is 1.27. The molecule has 0 aliphatic heterocycles. The van der Waals surface area contributed by atoms with Crippen LogP contribution in [-0.4, -0.2) is 16.8 Å². The molecule has 0 spiro atoms. The lowest BCUT2D eigenvalue weighted by Gasteiger charge is -2.04. The van der Waals surface area contributed by atoms with Crippen LogP contribution in [0.5, 0.6) is 0 Å². The van der Waals surface area contributed by atoms with Crippen LogP contribution in [0.15, 0.2) is 34.7 Å². The molecule has 0 amide bonds. The van der Waals surface area contributed by atoms with Crippen molar-refractivity contribution in [2.24, 2.45) is 0 Å². The predicted octanol–water partition coefficient (Wildman–Crippen LogP) is 2.92. The lowest BCUT2D eigenvalue weighted by Crippen LogP contribution is -1.99. The number of hydrogen-bond donors (Lipinski definition) is 2. The number of benzene rings is 1. The molecule has 1 rings (SSSR count). The Labute approximate surface area is 104 Å². The van der Waals surface area contributed by atoms with Gasteiger partial charge < -0.3 is 10.8 Å². The molecule has 0 aliphatic rings. The normalized spacial score (nSPS) is 11.5. The first-order valence-electron chi connectivity index (χ1n) is 5.14. The average Bonchev–Trinajstić information content (AvgIpc) is 2.26. The second-order valence-electron chi connectivity index (χ2n) is 3.38. The third-order valence-corrected chi connectivity index (χ3v) is 3.21. The Bertz CT molecular complexity index is 446. The molecule has 1 aromatic rings. The molecule has 5 heteroatoms. The van der Waals surface area contributed by atoms with Crippen molar-refractivity contribution in [3.05, 3.63) is 35.7 Å². The minimum Gasteiger partial charge on any atom is -0.478 e. The van der Waals surface area contributed by atoms with Crippen molar-refractivity contribution in [3.8, 4) is 0 Å². The number of anilines is 1. The van der Waals surface area contributed by atoms with Gasteiger partial charge >= 0.3 is 5.97 Å². The van der Waals surface area contributed by atoms with E-state index in [1.165, 1.54) is 23.9 Å². The molecule has 3 nitrogen and oxygen atoms in total. The molecule has 0 aliphatic carbocycles. The van der Waals surface area contributed by atoms with E-state index in [1.807, 2.05) is 0 Å². The highest BCUT2D eigenvalue weighted by Gasteiger charge is 2.04. The van der Waals surface area contributed by atoms with Crippen LogP contribution in [0.3, 0.4) is 0 Å². The molecule has 0 radical (unpaired) electrons. The van der Waals surface area contributed by atoms with Gasteiger partial charge in [-0.1, -0.05) is 13.0 Å². The number of nitrogen functional groups attached to an aromatic ring is 1. The third-order valence-electron chi connectivity index (χ3n) is 2.20. The van der Waals surface area contributed by atoms with Gasteiger partial charge in [-0.2, -0.15) is 0 Å². The smallest absolute Gasteiger partial charge is 0.331 e. The summed E-state index contributed by atoms with van der Waals surface area (Å²) in [7, 11) is 0. The Morgan fingerprint density at radius 2 is 2.29 bits per heavy atom. The van der Waals surface area contributed by atoms with Crippen molar-refractivity contribution >= 4 is 23.4 Å².